The third kappa shape index (κ3) is 3.80. The fourth-order valence-electron chi connectivity index (χ4n) is 2.30. The zero-order valence-corrected chi connectivity index (χ0v) is 13.2. The Hall–Kier alpha value is -1.46. The van der Waals surface area contributed by atoms with Gasteiger partial charge in [0.2, 0.25) is 0 Å². The van der Waals surface area contributed by atoms with E-state index in [1.54, 1.807) is 13.2 Å². The van der Waals surface area contributed by atoms with E-state index in [0.29, 0.717) is 36.2 Å². The summed E-state index contributed by atoms with van der Waals surface area (Å²) in [6.07, 6.45) is 0.0347. The first-order valence-electron chi connectivity index (χ1n) is 6.89. The molecule has 0 spiro atoms. The second-order valence-corrected chi connectivity index (χ2v) is 5.90. The smallest absolute Gasteiger partial charge is 0.309 e. The number of methoxy groups -OCH3 is 1. The minimum atomic E-state index is -0.740. The second-order valence-electron chi connectivity index (χ2n) is 5.49. The van der Waals surface area contributed by atoms with Gasteiger partial charge in [0.1, 0.15) is 0 Å². The Morgan fingerprint density at radius 2 is 2.10 bits per heavy atom. The van der Waals surface area contributed by atoms with Crippen molar-refractivity contribution in [3.8, 4) is 11.5 Å². The Kier molecular flexibility index (Phi) is 4.96. The van der Waals surface area contributed by atoms with Gasteiger partial charge in [-0.2, -0.15) is 0 Å². The van der Waals surface area contributed by atoms with Gasteiger partial charge in [0.15, 0.2) is 11.5 Å². The molecule has 6 heteroatoms. The van der Waals surface area contributed by atoms with E-state index in [4.69, 9.17) is 26.2 Å². The zero-order chi connectivity index (χ0) is 15.6. The molecule has 0 aliphatic carbocycles. The molecule has 1 heterocycles. The van der Waals surface area contributed by atoms with Gasteiger partial charge in [-0.1, -0.05) is 11.6 Å². The molecule has 1 aliphatic rings. The van der Waals surface area contributed by atoms with Crippen LogP contribution >= 0.6 is 11.6 Å². The second kappa shape index (κ2) is 6.54. The lowest BCUT2D eigenvalue weighted by Gasteiger charge is -2.36. The van der Waals surface area contributed by atoms with Crippen LogP contribution in [0.2, 0.25) is 5.02 Å². The largest absolute Gasteiger partial charge is 0.493 e. The molecule has 0 unspecified atom stereocenters. The van der Waals surface area contributed by atoms with E-state index in [1.165, 1.54) is 0 Å². The fourth-order valence-corrected chi connectivity index (χ4v) is 2.51. The van der Waals surface area contributed by atoms with E-state index in [0.717, 1.165) is 5.56 Å². The molecular formula is C15H20ClNO4. The van der Waals surface area contributed by atoms with Crippen LogP contribution < -0.4 is 9.47 Å². The maximum Gasteiger partial charge on any atom is 0.309 e. The number of hydrogen-bond donors (Lipinski definition) is 1. The number of likely N-dealkylation sites (tertiary alicyclic amines) is 1. The standard InChI is InChI=1S/C15H20ClNO4/c1-9(2)21-14-5-12(16)10(4-13(14)20-3)6-17-7-11(8-17)15(18)19/h4-5,9,11H,6-8H2,1-3H3,(H,18,19). The Morgan fingerprint density at radius 3 is 2.62 bits per heavy atom. The van der Waals surface area contributed by atoms with E-state index in [-0.39, 0.29) is 12.0 Å². The summed E-state index contributed by atoms with van der Waals surface area (Å²) in [5.74, 6) is 0.247. The van der Waals surface area contributed by atoms with Crippen LogP contribution in [-0.2, 0) is 11.3 Å². The molecule has 5 nitrogen and oxygen atoms in total. The molecule has 0 aromatic heterocycles. The third-order valence-electron chi connectivity index (χ3n) is 3.40. The molecule has 1 fully saturated rings. The number of carboxylic acid groups (broad SMARTS) is 1. The van der Waals surface area contributed by atoms with Gasteiger partial charge >= 0.3 is 5.97 Å². The number of nitrogens with zero attached hydrogens (tertiary/aromatic N) is 1. The summed E-state index contributed by atoms with van der Waals surface area (Å²) >= 11 is 6.29. The topological polar surface area (TPSA) is 59.0 Å². The predicted molar refractivity (Wildman–Crippen MR) is 80.2 cm³/mol. The molecule has 116 valence electrons. The number of hydrogen-bond acceptors (Lipinski definition) is 4. The summed E-state index contributed by atoms with van der Waals surface area (Å²) in [6.45, 7) is 5.60. The molecule has 1 aromatic rings. The highest BCUT2D eigenvalue weighted by atomic mass is 35.5. The highest BCUT2D eigenvalue weighted by molar-refractivity contribution is 6.31. The number of halogens is 1. The molecule has 2 rings (SSSR count). The monoisotopic (exact) mass is 313 g/mol. The third-order valence-corrected chi connectivity index (χ3v) is 3.75. The van der Waals surface area contributed by atoms with Gasteiger partial charge in [0.05, 0.1) is 19.1 Å². The molecule has 21 heavy (non-hydrogen) atoms. The summed E-state index contributed by atoms with van der Waals surface area (Å²) in [6, 6.07) is 3.61. The van der Waals surface area contributed by atoms with Crippen LogP contribution in [0.3, 0.4) is 0 Å². The molecule has 1 aromatic carbocycles. The van der Waals surface area contributed by atoms with Crippen molar-refractivity contribution in [3.63, 3.8) is 0 Å². The predicted octanol–water partition coefficient (Wildman–Crippen LogP) is 2.65. The number of rotatable bonds is 6. The average Bonchev–Trinajstić information content (AvgIpc) is 2.34. The number of carbonyl (C=O) groups is 1. The van der Waals surface area contributed by atoms with Gasteiger partial charge < -0.3 is 14.6 Å². The van der Waals surface area contributed by atoms with Crippen LogP contribution in [0.25, 0.3) is 0 Å². The average molecular weight is 314 g/mol. The summed E-state index contributed by atoms with van der Waals surface area (Å²) in [7, 11) is 1.59. The van der Waals surface area contributed by atoms with Crippen LogP contribution in [0.1, 0.15) is 19.4 Å². The Balaban J connectivity index is 2.08. The van der Waals surface area contributed by atoms with E-state index in [1.807, 2.05) is 24.8 Å². The molecule has 0 atom stereocenters. The molecule has 0 bridgehead atoms. The molecule has 1 N–H and O–H groups in total. The van der Waals surface area contributed by atoms with Gasteiger partial charge in [-0.15, -0.1) is 0 Å². The molecule has 1 aliphatic heterocycles. The Labute approximate surface area is 129 Å². The van der Waals surface area contributed by atoms with Crippen molar-refractivity contribution in [2.45, 2.75) is 26.5 Å². The molecule has 1 saturated heterocycles. The Bertz CT molecular complexity index is 527. The van der Waals surface area contributed by atoms with Crippen molar-refractivity contribution in [2.24, 2.45) is 5.92 Å². The lowest BCUT2D eigenvalue weighted by Crippen LogP contribution is -2.49. The van der Waals surface area contributed by atoms with Crippen LogP contribution in [0.4, 0.5) is 0 Å². The number of aliphatic carboxylic acids is 1. The normalized spacial score (nSPS) is 15.9. The van der Waals surface area contributed by atoms with Crippen molar-refractivity contribution in [1.29, 1.82) is 0 Å². The first-order valence-corrected chi connectivity index (χ1v) is 7.26. The summed E-state index contributed by atoms with van der Waals surface area (Å²) in [4.78, 5) is 12.8. The van der Waals surface area contributed by atoms with Crippen molar-refractivity contribution in [1.82, 2.24) is 4.90 Å². The van der Waals surface area contributed by atoms with Crippen molar-refractivity contribution >= 4 is 17.6 Å². The minimum Gasteiger partial charge on any atom is -0.493 e. The molecule has 0 amide bonds. The fraction of sp³-hybridized carbons (Fsp3) is 0.533. The first kappa shape index (κ1) is 15.9. The van der Waals surface area contributed by atoms with E-state index in [2.05, 4.69) is 0 Å². The van der Waals surface area contributed by atoms with Crippen molar-refractivity contribution in [2.75, 3.05) is 20.2 Å². The minimum absolute atomic E-state index is 0.0347. The van der Waals surface area contributed by atoms with Gasteiger partial charge in [-0.25, -0.2) is 0 Å². The van der Waals surface area contributed by atoms with Crippen LogP contribution in [-0.4, -0.2) is 42.3 Å². The highest BCUT2D eigenvalue weighted by Gasteiger charge is 2.32. The summed E-state index contributed by atoms with van der Waals surface area (Å²) in [5, 5.41) is 9.49. The maximum absolute atomic E-state index is 10.8. The molecular weight excluding hydrogens is 294 g/mol. The van der Waals surface area contributed by atoms with Gasteiger partial charge in [-0.05, 0) is 25.5 Å². The quantitative estimate of drug-likeness (QED) is 0.875. The van der Waals surface area contributed by atoms with Crippen LogP contribution in [0.15, 0.2) is 12.1 Å². The lowest BCUT2D eigenvalue weighted by molar-refractivity contribution is -0.147. The van der Waals surface area contributed by atoms with E-state index < -0.39 is 5.97 Å². The van der Waals surface area contributed by atoms with Crippen LogP contribution in [0, 0.1) is 5.92 Å². The van der Waals surface area contributed by atoms with Gasteiger partial charge in [-0.3, -0.25) is 9.69 Å². The van der Waals surface area contributed by atoms with E-state index >= 15 is 0 Å². The molecule has 0 radical (unpaired) electrons. The van der Waals surface area contributed by atoms with Crippen LogP contribution in [0.5, 0.6) is 11.5 Å². The molecule has 0 saturated carbocycles. The lowest BCUT2D eigenvalue weighted by atomic mass is 9.99. The first-order chi connectivity index (χ1) is 9.90. The van der Waals surface area contributed by atoms with Crippen molar-refractivity contribution in [3.05, 3.63) is 22.7 Å². The number of benzene rings is 1. The zero-order valence-electron chi connectivity index (χ0n) is 12.4. The van der Waals surface area contributed by atoms with Gasteiger partial charge in [0, 0.05) is 30.7 Å². The van der Waals surface area contributed by atoms with Gasteiger partial charge in [0.25, 0.3) is 0 Å². The summed E-state index contributed by atoms with van der Waals surface area (Å²) in [5.41, 5.74) is 0.911. The Morgan fingerprint density at radius 1 is 1.43 bits per heavy atom. The number of ether oxygens (including phenoxy) is 2. The van der Waals surface area contributed by atoms with Crippen molar-refractivity contribution < 1.29 is 19.4 Å². The van der Waals surface area contributed by atoms with E-state index in [9.17, 15) is 4.79 Å². The summed E-state index contributed by atoms with van der Waals surface area (Å²) < 4.78 is 11.0. The maximum atomic E-state index is 10.8. The number of carboxylic acids is 1. The highest BCUT2D eigenvalue weighted by Crippen LogP contribution is 2.35. The SMILES string of the molecule is COc1cc(CN2CC(C(=O)O)C2)c(Cl)cc1OC(C)C.